The molecule has 0 aliphatic rings. The Labute approximate surface area is 113 Å². The SMILES string of the molecule is CCN(C)C(=O)N(C)CCc1ccccc1C(=O)O. The standard InChI is InChI=1S/C14H20N2O3/c1-4-15(2)14(19)16(3)10-9-11-7-5-6-8-12(11)13(17)18/h5-8H,4,9-10H2,1-3H3,(H,17,18). The van der Waals surface area contributed by atoms with Gasteiger partial charge in [-0.05, 0) is 25.0 Å². The first-order valence-electron chi connectivity index (χ1n) is 6.24. The number of nitrogens with zero attached hydrogens (tertiary/aromatic N) is 2. The van der Waals surface area contributed by atoms with Crippen LogP contribution in [0, 0.1) is 0 Å². The molecule has 0 spiro atoms. The second-order valence-electron chi connectivity index (χ2n) is 4.43. The van der Waals surface area contributed by atoms with Gasteiger partial charge in [0.15, 0.2) is 0 Å². The molecule has 1 rings (SSSR count). The van der Waals surface area contributed by atoms with Crippen molar-refractivity contribution < 1.29 is 14.7 Å². The monoisotopic (exact) mass is 264 g/mol. The second-order valence-corrected chi connectivity index (χ2v) is 4.43. The third kappa shape index (κ3) is 3.98. The van der Waals surface area contributed by atoms with Crippen molar-refractivity contribution in [2.75, 3.05) is 27.2 Å². The molecule has 5 heteroatoms. The molecule has 0 unspecified atom stereocenters. The molecule has 0 aliphatic heterocycles. The predicted molar refractivity (Wildman–Crippen MR) is 73.4 cm³/mol. The van der Waals surface area contributed by atoms with Crippen molar-refractivity contribution >= 4 is 12.0 Å². The van der Waals surface area contributed by atoms with E-state index in [1.54, 1.807) is 42.1 Å². The first-order chi connectivity index (χ1) is 8.97. The van der Waals surface area contributed by atoms with Gasteiger partial charge >= 0.3 is 12.0 Å². The molecule has 0 aliphatic carbocycles. The first-order valence-corrected chi connectivity index (χ1v) is 6.24. The zero-order valence-corrected chi connectivity index (χ0v) is 11.6. The molecule has 0 fully saturated rings. The number of carboxylic acids is 1. The lowest BCUT2D eigenvalue weighted by Crippen LogP contribution is -2.39. The maximum absolute atomic E-state index is 11.8. The maximum atomic E-state index is 11.8. The number of carbonyl (C=O) groups excluding carboxylic acids is 1. The lowest BCUT2D eigenvalue weighted by Gasteiger charge is -2.24. The Morgan fingerprint density at radius 3 is 2.37 bits per heavy atom. The van der Waals surface area contributed by atoms with E-state index in [1.807, 2.05) is 13.0 Å². The molecule has 5 nitrogen and oxygen atoms in total. The van der Waals surface area contributed by atoms with Gasteiger partial charge in [0.1, 0.15) is 0 Å². The highest BCUT2D eigenvalue weighted by molar-refractivity contribution is 5.89. The van der Waals surface area contributed by atoms with E-state index in [-0.39, 0.29) is 6.03 Å². The summed E-state index contributed by atoms with van der Waals surface area (Å²) in [4.78, 5) is 26.1. The summed E-state index contributed by atoms with van der Waals surface area (Å²) in [6, 6.07) is 6.81. The number of rotatable bonds is 5. The molecule has 0 radical (unpaired) electrons. The predicted octanol–water partition coefficient (Wildman–Crippen LogP) is 1.93. The normalized spacial score (nSPS) is 10.1. The van der Waals surface area contributed by atoms with Gasteiger partial charge in [0.25, 0.3) is 0 Å². The number of amides is 2. The molecule has 0 aromatic heterocycles. The fourth-order valence-electron chi connectivity index (χ4n) is 1.76. The Hall–Kier alpha value is -2.04. The van der Waals surface area contributed by atoms with Gasteiger partial charge in [-0.25, -0.2) is 9.59 Å². The maximum Gasteiger partial charge on any atom is 0.335 e. The van der Waals surface area contributed by atoms with Crippen molar-refractivity contribution in [3.8, 4) is 0 Å². The Morgan fingerprint density at radius 2 is 1.79 bits per heavy atom. The highest BCUT2D eigenvalue weighted by Gasteiger charge is 2.14. The summed E-state index contributed by atoms with van der Waals surface area (Å²) < 4.78 is 0. The van der Waals surface area contributed by atoms with Crippen LogP contribution >= 0.6 is 0 Å². The van der Waals surface area contributed by atoms with Gasteiger partial charge in [0, 0.05) is 27.2 Å². The van der Waals surface area contributed by atoms with Crippen molar-refractivity contribution in [2.45, 2.75) is 13.3 Å². The Balaban J connectivity index is 2.67. The van der Waals surface area contributed by atoms with Crippen LogP contribution in [0.1, 0.15) is 22.8 Å². The van der Waals surface area contributed by atoms with E-state index in [0.29, 0.717) is 25.1 Å². The smallest absolute Gasteiger partial charge is 0.335 e. The van der Waals surface area contributed by atoms with Gasteiger partial charge < -0.3 is 14.9 Å². The minimum absolute atomic E-state index is 0.0599. The van der Waals surface area contributed by atoms with Gasteiger partial charge in [-0.2, -0.15) is 0 Å². The lowest BCUT2D eigenvalue weighted by atomic mass is 10.0. The molecular formula is C14H20N2O3. The first kappa shape index (κ1) is 15.0. The van der Waals surface area contributed by atoms with Gasteiger partial charge in [-0.3, -0.25) is 0 Å². The summed E-state index contributed by atoms with van der Waals surface area (Å²) in [5, 5.41) is 9.08. The van der Waals surface area contributed by atoms with Crippen LogP contribution in [0.4, 0.5) is 4.79 Å². The molecule has 104 valence electrons. The molecule has 0 saturated heterocycles. The van der Waals surface area contributed by atoms with E-state index in [2.05, 4.69) is 0 Å². The zero-order chi connectivity index (χ0) is 14.4. The van der Waals surface area contributed by atoms with Crippen molar-refractivity contribution in [1.82, 2.24) is 9.80 Å². The third-order valence-electron chi connectivity index (χ3n) is 3.09. The second kappa shape index (κ2) is 6.78. The zero-order valence-electron chi connectivity index (χ0n) is 11.6. The highest BCUT2D eigenvalue weighted by atomic mass is 16.4. The minimum atomic E-state index is -0.935. The molecular weight excluding hydrogens is 244 g/mol. The molecule has 0 saturated carbocycles. The van der Waals surface area contributed by atoms with Crippen molar-refractivity contribution in [1.29, 1.82) is 0 Å². The van der Waals surface area contributed by atoms with Gasteiger partial charge in [-0.1, -0.05) is 18.2 Å². The summed E-state index contributed by atoms with van der Waals surface area (Å²) in [7, 11) is 3.46. The van der Waals surface area contributed by atoms with Crippen molar-refractivity contribution in [2.24, 2.45) is 0 Å². The molecule has 0 bridgehead atoms. The number of benzene rings is 1. The van der Waals surface area contributed by atoms with Gasteiger partial charge in [-0.15, -0.1) is 0 Å². The van der Waals surface area contributed by atoms with Crippen LogP contribution in [0.2, 0.25) is 0 Å². The quantitative estimate of drug-likeness (QED) is 0.884. The average Bonchev–Trinajstić information content (AvgIpc) is 2.43. The molecule has 19 heavy (non-hydrogen) atoms. The summed E-state index contributed by atoms with van der Waals surface area (Å²) in [6.45, 7) is 3.05. The number of carboxylic acid groups (broad SMARTS) is 1. The lowest BCUT2D eigenvalue weighted by molar-refractivity contribution is 0.0695. The van der Waals surface area contributed by atoms with Crippen LogP contribution < -0.4 is 0 Å². The molecule has 1 N–H and O–H groups in total. The number of hydrogen-bond donors (Lipinski definition) is 1. The fourth-order valence-corrected chi connectivity index (χ4v) is 1.76. The molecule has 0 atom stereocenters. The fraction of sp³-hybridized carbons (Fsp3) is 0.429. The van der Waals surface area contributed by atoms with E-state index in [1.165, 1.54) is 0 Å². The van der Waals surface area contributed by atoms with Crippen molar-refractivity contribution in [3.05, 3.63) is 35.4 Å². The molecule has 2 amide bonds. The van der Waals surface area contributed by atoms with Crippen LogP contribution in [-0.2, 0) is 6.42 Å². The van der Waals surface area contributed by atoms with Crippen LogP contribution in [0.3, 0.4) is 0 Å². The number of hydrogen-bond acceptors (Lipinski definition) is 2. The van der Waals surface area contributed by atoms with E-state index in [4.69, 9.17) is 5.11 Å². The van der Waals surface area contributed by atoms with E-state index in [9.17, 15) is 9.59 Å². The average molecular weight is 264 g/mol. The van der Waals surface area contributed by atoms with Crippen molar-refractivity contribution in [3.63, 3.8) is 0 Å². The van der Waals surface area contributed by atoms with Crippen LogP contribution in [0.5, 0.6) is 0 Å². The Morgan fingerprint density at radius 1 is 1.16 bits per heavy atom. The molecule has 0 heterocycles. The van der Waals surface area contributed by atoms with Crippen LogP contribution in [0.25, 0.3) is 0 Å². The van der Waals surface area contributed by atoms with E-state index < -0.39 is 5.97 Å². The summed E-state index contributed by atoms with van der Waals surface area (Å²) >= 11 is 0. The molecule has 1 aromatic rings. The third-order valence-corrected chi connectivity index (χ3v) is 3.09. The topological polar surface area (TPSA) is 60.9 Å². The molecule has 1 aromatic carbocycles. The number of urea groups is 1. The minimum Gasteiger partial charge on any atom is -0.478 e. The van der Waals surface area contributed by atoms with Crippen LogP contribution in [0.15, 0.2) is 24.3 Å². The summed E-state index contributed by atoms with van der Waals surface area (Å²) in [6.07, 6.45) is 0.530. The van der Waals surface area contributed by atoms with Crippen LogP contribution in [-0.4, -0.2) is 54.1 Å². The number of aromatic carboxylic acids is 1. The highest BCUT2D eigenvalue weighted by Crippen LogP contribution is 2.10. The Bertz CT molecular complexity index is 460. The Kier molecular flexibility index (Phi) is 5.36. The number of likely N-dealkylation sites (N-methyl/N-ethyl adjacent to an activating group) is 1. The van der Waals surface area contributed by atoms with Gasteiger partial charge in [0.05, 0.1) is 5.56 Å². The summed E-state index contributed by atoms with van der Waals surface area (Å²) in [5.41, 5.74) is 1.04. The van der Waals surface area contributed by atoms with E-state index >= 15 is 0 Å². The van der Waals surface area contributed by atoms with E-state index in [0.717, 1.165) is 5.56 Å². The largest absolute Gasteiger partial charge is 0.478 e. The van der Waals surface area contributed by atoms with Gasteiger partial charge in [0.2, 0.25) is 0 Å². The summed E-state index contributed by atoms with van der Waals surface area (Å²) in [5.74, 6) is -0.935. The number of carbonyl (C=O) groups is 2.